The molecule has 0 radical (unpaired) electrons. The summed E-state index contributed by atoms with van der Waals surface area (Å²) in [7, 11) is 0. The zero-order chi connectivity index (χ0) is 9.90. The van der Waals surface area contributed by atoms with Crippen LogP contribution in [-0.2, 0) is 6.42 Å². The number of pyridine rings is 1. The molecule has 0 aliphatic heterocycles. The van der Waals surface area contributed by atoms with Gasteiger partial charge in [-0.2, -0.15) is 0 Å². The Balaban J connectivity index is 2.80. The van der Waals surface area contributed by atoms with E-state index in [1.807, 2.05) is 6.07 Å². The Morgan fingerprint density at radius 3 is 2.69 bits per heavy atom. The predicted molar refractivity (Wildman–Crippen MR) is 57.5 cm³/mol. The first-order valence-corrected chi connectivity index (χ1v) is 5.11. The zero-order valence-electron chi connectivity index (χ0n) is 7.85. The Morgan fingerprint density at radius 1 is 1.46 bits per heavy atom. The molecule has 1 aromatic rings. The van der Waals surface area contributed by atoms with Crippen LogP contribution in [0.4, 0.5) is 0 Å². The van der Waals surface area contributed by atoms with Gasteiger partial charge in [-0.15, -0.1) is 11.6 Å². The van der Waals surface area contributed by atoms with E-state index in [4.69, 9.17) is 23.2 Å². The van der Waals surface area contributed by atoms with Crippen LogP contribution in [-0.4, -0.2) is 10.9 Å². The minimum Gasteiger partial charge on any atom is -0.263 e. The molecule has 0 saturated carbocycles. The highest BCUT2D eigenvalue weighted by Gasteiger charge is 2.18. The maximum Gasteiger partial charge on any atom is 0.0621 e. The Hall–Kier alpha value is -0.270. The molecule has 1 heterocycles. The van der Waals surface area contributed by atoms with Crippen LogP contribution in [0.1, 0.15) is 19.4 Å². The molecule has 0 bridgehead atoms. The largest absolute Gasteiger partial charge is 0.263 e. The van der Waals surface area contributed by atoms with E-state index in [2.05, 4.69) is 18.8 Å². The Bertz CT molecular complexity index is 284. The van der Waals surface area contributed by atoms with E-state index in [0.29, 0.717) is 5.88 Å². The summed E-state index contributed by atoms with van der Waals surface area (Å²) in [6, 6.07) is 1.94. The standard InChI is InChI=1S/C10H13Cl2N/c1-10(2,7-11)5-8-3-4-13-6-9(8)12/h3-4,6H,5,7H2,1-2H3. The number of aromatic nitrogens is 1. The second kappa shape index (κ2) is 4.30. The van der Waals surface area contributed by atoms with Crippen LogP contribution in [0.5, 0.6) is 0 Å². The molecule has 1 rings (SSSR count). The monoisotopic (exact) mass is 217 g/mol. The van der Waals surface area contributed by atoms with Crippen LogP contribution in [0, 0.1) is 5.41 Å². The van der Waals surface area contributed by atoms with Crippen molar-refractivity contribution in [3.05, 3.63) is 29.0 Å². The Morgan fingerprint density at radius 2 is 2.15 bits per heavy atom. The molecule has 3 heteroatoms. The SMILES string of the molecule is CC(C)(CCl)Cc1ccncc1Cl. The molecule has 0 aliphatic carbocycles. The van der Waals surface area contributed by atoms with Gasteiger partial charge in [0.25, 0.3) is 0 Å². The van der Waals surface area contributed by atoms with Gasteiger partial charge < -0.3 is 0 Å². The first-order valence-electron chi connectivity index (χ1n) is 4.19. The third kappa shape index (κ3) is 3.17. The summed E-state index contributed by atoms with van der Waals surface area (Å²) in [5.41, 5.74) is 1.20. The van der Waals surface area contributed by atoms with Gasteiger partial charge in [0, 0.05) is 18.3 Å². The van der Waals surface area contributed by atoms with Crippen LogP contribution in [0.2, 0.25) is 5.02 Å². The average molecular weight is 218 g/mol. The highest BCUT2D eigenvalue weighted by Crippen LogP contribution is 2.26. The lowest BCUT2D eigenvalue weighted by molar-refractivity contribution is 0.418. The third-order valence-corrected chi connectivity index (χ3v) is 2.95. The molecule has 72 valence electrons. The minimum absolute atomic E-state index is 0.0898. The van der Waals surface area contributed by atoms with Gasteiger partial charge in [0.1, 0.15) is 0 Å². The first kappa shape index (κ1) is 10.8. The summed E-state index contributed by atoms with van der Waals surface area (Å²) in [6.07, 6.45) is 4.31. The van der Waals surface area contributed by atoms with Gasteiger partial charge in [-0.05, 0) is 23.5 Å². The van der Waals surface area contributed by atoms with E-state index in [0.717, 1.165) is 17.0 Å². The second-order valence-electron chi connectivity index (χ2n) is 3.94. The van der Waals surface area contributed by atoms with Crippen LogP contribution in [0.3, 0.4) is 0 Å². The normalized spacial score (nSPS) is 11.7. The molecule has 13 heavy (non-hydrogen) atoms. The molecule has 0 amide bonds. The summed E-state index contributed by atoms with van der Waals surface area (Å²) in [6.45, 7) is 4.24. The summed E-state index contributed by atoms with van der Waals surface area (Å²) in [5.74, 6) is 0.631. The van der Waals surface area contributed by atoms with Crippen molar-refractivity contribution in [2.75, 3.05) is 5.88 Å². The lowest BCUT2D eigenvalue weighted by Gasteiger charge is -2.21. The molecule has 0 aromatic carbocycles. The molecule has 0 unspecified atom stereocenters. The lowest BCUT2D eigenvalue weighted by atomic mass is 9.88. The molecule has 0 spiro atoms. The van der Waals surface area contributed by atoms with E-state index in [-0.39, 0.29) is 5.41 Å². The third-order valence-electron chi connectivity index (χ3n) is 1.89. The van der Waals surface area contributed by atoms with Gasteiger partial charge in [-0.3, -0.25) is 4.98 Å². The Labute approximate surface area is 89.1 Å². The van der Waals surface area contributed by atoms with E-state index < -0.39 is 0 Å². The molecule has 0 fully saturated rings. The van der Waals surface area contributed by atoms with Crippen LogP contribution < -0.4 is 0 Å². The van der Waals surface area contributed by atoms with Crippen molar-refractivity contribution >= 4 is 23.2 Å². The number of alkyl halides is 1. The maximum atomic E-state index is 5.98. The topological polar surface area (TPSA) is 12.9 Å². The van der Waals surface area contributed by atoms with Gasteiger partial charge in [0.15, 0.2) is 0 Å². The fourth-order valence-electron chi connectivity index (χ4n) is 1.11. The quantitative estimate of drug-likeness (QED) is 0.707. The second-order valence-corrected chi connectivity index (χ2v) is 4.62. The van der Waals surface area contributed by atoms with Gasteiger partial charge in [0.2, 0.25) is 0 Å². The molecular formula is C10H13Cl2N. The maximum absolute atomic E-state index is 5.98. The summed E-state index contributed by atoms with van der Waals surface area (Å²) < 4.78 is 0. The van der Waals surface area contributed by atoms with Gasteiger partial charge in [-0.25, -0.2) is 0 Å². The number of rotatable bonds is 3. The fourth-order valence-corrected chi connectivity index (χ4v) is 1.39. The zero-order valence-corrected chi connectivity index (χ0v) is 9.36. The number of hydrogen-bond donors (Lipinski definition) is 0. The molecule has 0 saturated heterocycles. The van der Waals surface area contributed by atoms with Gasteiger partial charge in [-0.1, -0.05) is 25.4 Å². The number of halogens is 2. The summed E-state index contributed by atoms with van der Waals surface area (Å²) in [5, 5.41) is 0.723. The van der Waals surface area contributed by atoms with Gasteiger partial charge >= 0.3 is 0 Å². The molecule has 1 nitrogen and oxygen atoms in total. The van der Waals surface area contributed by atoms with Crippen molar-refractivity contribution < 1.29 is 0 Å². The van der Waals surface area contributed by atoms with Crippen molar-refractivity contribution in [1.82, 2.24) is 4.98 Å². The van der Waals surface area contributed by atoms with Crippen LogP contribution in [0.15, 0.2) is 18.5 Å². The predicted octanol–water partition coefficient (Wildman–Crippen LogP) is 3.54. The van der Waals surface area contributed by atoms with Crippen molar-refractivity contribution in [3.63, 3.8) is 0 Å². The van der Waals surface area contributed by atoms with E-state index >= 15 is 0 Å². The molecular weight excluding hydrogens is 205 g/mol. The van der Waals surface area contributed by atoms with Crippen molar-refractivity contribution in [2.24, 2.45) is 5.41 Å². The highest BCUT2D eigenvalue weighted by molar-refractivity contribution is 6.31. The summed E-state index contributed by atoms with van der Waals surface area (Å²) in [4.78, 5) is 3.94. The average Bonchev–Trinajstić information content (AvgIpc) is 2.09. The minimum atomic E-state index is 0.0898. The lowest BCUT2D eigenvalue weighted by Crippen LogP contribution is -2.17. The molecule has 0 atom stereocenters. The number of nitrogens with zero attached hydrogens (tertiary/aromatic N) is 1. The van der Waals surface area contributed by atoms with Crippen molar-refractivity contribution in [1.29, 1.82) is 0 Å². The highest BCUT2D eigenvalue weighted by atomic mass is 35.5. The molecule has 0 aliphatic rings. The number of hydrogen-bond acceptors (Lipinski definition) is 1. The van der Waals surface area contributed by atoms with Crippen molar-refractivity contribution in [3.8, 4) is 0 Å². The Kier molecular flexibility index (Phi) is 3.57. The molecule has 0 N–H and O–H groups in total. The van der Waals surface area contributed by atoms with E-state index in [1.54, 1.807) is 12.4 Å². The van der Waals surface area contributed by atoms with E-state index in [1.165, 1.54) is 0 Å². The smallest absolute Gasteiger partial charge is 0.0621 e. The van der Waals surface area contributed by atoms with Crippen LogP contribution >= 0.6 is 23.2 Å². The summed E-state index contributed by atoms with van der Waals surface area (Å²) >= 11 is 11.8. The van der Waals surface area contributed by atoms with Crippen molar-refractivity contribution in [2.45, 2.75) is 20.3 Å². The van der Waals surface area contributed by atoms with Crippen LogP contribution in [0.25, 0.3) is 0 Å². The van der Waals surface area contributed by atoms with Gasteiger partial charge in [0.05, 0.1) is 5.02 Å². The molecule has 1 aromatic heterocycles. The fraction of sp³-hybridized carbons (Fsp3) is 0.500. The first-order chi connectivity index (χ1) is 6.05. The van der Waals surface area contributed by atoms with E-state index in [9.17, 15) is 0 Å².